The minimum absolute atomic E-state index is 0.0325. The topological polar surface area (TPSA) is 133 Å². The van der Waals surface area contributed by atoms with Crippen molar-refractivity contribution in [3.8, 4) is 11.5 Å². The van der Waals surface area contributed by atoms with Crippen LogP contribution in [0.5, 0.6) is 11.5 Å². The van der Waals surface area contributed by atoms with Gasteiger partial charge in [-0.1, -0.05) is 19.9 Å². The first-order valence-electron chi connectivity index (χ1n) is 12.1. The normalized spacial score (nSPS) is 13.9. The lowest BCUT2D eigenvalue weighted by Gasteiger charge is -2.27. The van der Waals surface area contributed by atoms with Crippen molar-refractivity contribution in [3.63, 3.8) is 0 Å². The molecule has 0 unspecified atom stereocenters. The van der Waals surface area contributed by atoms with E-state index >= 15 is 4.39 Å². The summed E-state index contributed by atoms with van der Waals surface area (Å²) in [6.07, 6.45) is -3.86. The number of ether oxygens (including phenoxy) is 1. The van der Waals surface area contributed by atoms with Gasteiger partial charge in [-0.25, -0.2) is 4.39 Å². The standard InChI is InChI=1S/C23H27FN4O4.C3H6F3N/c1-14(2)16-10-17(21(31)11-20(16)30)23(26)28(22(25)13-29)19-4-3-15(9-18(19)24)12-27-5-7-32-8-6-27;1-7-2-3(4,5)6/h3-4,9-11,13-14,25-26,30-31H,5-8,12H2,1-2H3;7H,2H2,1H3. The maximum absolute atomic E-state index is 15.1. The van der Waals surface area contributed by atoms with Crippen LogP contribution >= 0.6 is 0 Å². The number of aldehydes is 1. The molecule has 9 nitrogen and oxygen atoms in total. The molecule has 2 aromatic rings. The van der Waals surface area contributed by atoms with Crippen LogP contribution in [0.3, 0.4) is 0 Å². The van der Waals surface area contributed by atoms with Crippen molar-refractivity contribution in [2.24, 2.45) is 0 Å². The third-order valence-electron chi connectivity index (χ3n) is 5.74. The molecule has 1 heterocycles. The molecule has 5 N–H and O–H groups in total. The molecule has 1 fully saturated rings. The number of carbonyl (C=O) groups excluding carboxylic acids is 1. The van der Waals surface area contributed by atoms with Crippen LogP contribution in [0.4, 0.5) is 23.2 Å². The van der Waals surface area contributed by atoms with Gasteiger partial charge in [-0.05, 0) is 42.3 Å². The monoisotopic (exact) mass is 555 g/mol. The number of nitrogens with zero attached hydrogens (tertiary/aromatic N) is 2. The third-order valence-corrected chi connectivity index (χ3v) is 5.74. The van der Waals surface area contributed by atoms with Crippen molar-refractivity contribution in [3.05, 3.63) is 52.8 Å². The summed E-state index contributed by atoms with van der Waals surface area (Å²) >= 11 is 0. The van der Waals surface area contributed by atoms with Gasteiger partial charge in [-0.15, -0.1) is 0 Å². The zero-order chi connectivity index (χ0) is 29.3. The number of nitrogens with one attached hydrogen (secondary N) is 3. The first-order valence-corrected chi connectivity index (χ1v) is 12.1. The number of morpholine rings is 1. The number of alkyl halides is 3. The van der Waals surface area contributed by atoms with Gasteiger partial charge in [0.1, 0.15) is 23.2 Å². The number of hydrogen-bond donors (Lipinski definition) is 5. The summed E-state index contributed by atoms with van der Waals surface area (Å²) in [6, 6.07) is 6.93. The van der Waals surface area contributed by atoms with E-state index in [1.807, 2.05) is 19.2 Å². The van der Waals surface area contributed by atoms with Gasteiger partial charge in [0.15, 0.2) is 12.1 Å². The maximum atomic E-state index is 15.1. The number of phenols is 2. The molecular formula is C26H33F4N5O4. The lowest BCUT2D eigenvalue weighted by molar-refractivity contribution is -0.123. The van der Waals surface area contributed by atoms with Gasteiger partial charge in [0.05, 0.1) is 31.0 Å². The van der Waals surface area contributed by atoms with Crippen molar-refractivity contribution < 1.29 is 37.3 Å². The number of benzene rings is 2. The van der Waals surface area contributed by atoms with E-state index in [4.69, 9.17) is 15.6 Å². The molecule has 1 saturated heterocycles. The van der Waals surface area contributed by atoms with Crippen LogP contribution < -0.4 is 10.2 Å². The van der Waals surface area contributed by atoms with Crippen LogP contribution in [0.25, 0.3) is 0 Å². The van der Waals surface area contributed by atoms with Crippen molar-refractivity contribution in [2.75, 3.05) is 44.8 Å². The average Bonchev–Trinajstić information content (AvgIpc) is 2.85. The summed E-state index contributed by atoms with van der Waals surface area (Å²) in [7, 11) is 1.26. The SMILES string of the molecule is CC(C)c1cc(C(=N)N(C(=N)C=O)c2ccc(CN3CCOCC3)cc2F)c(O)cc1O.CNCC(F)(F)F. The van der Waals surface area contributed by atoms with Gasteiger partial charge < -0.3 is 20.3 Å². The minimum Gasteiger partial charge on any atom is -0.508 e. The summed E-state index contributed by atoms with van der Waals surface area (Å²) in [6.45, 7) is 6.01. The number of phenolic OH excluding ortho intramolecular Hbond substituents is 2. The zero-order valence-electron chi connectivity index (χ0n) is 21.9. The lowest BCUT2D eigenvalue weighted by atomic mass is 9.98. The number of hydrogen-bond acceptors (Lipinski definition) is 8. The minimum atomic E-state index is -4.06. The van der Waals surface area contributed by atoms with E-state index in [9.17, 15) is 28.2 Å². The molecule has 0 aliphatic carbocycles. The van der Waals surface area contributed by atoms with Crippen molar-refractivity contribution in [2.45, 2.75) is 32.5 Å². The lowest BCUT2D eigenvalue weighted by Crippen LogP contribution is -2.38. The van der Waals surface area contributed by atoms with E-state index in [0.29, 0.717) is 30.9 Å². The Morgan fingerprint density at radius 1 is 1.15 bits per heavy atom. The van der Waals surface area contributed by atoms with Gasteiger partial charge in [0, 0.05) is 25.7 Å². The molecule has 1 aliphatic rings. The van der Waals surface area contributed by atoms with Crippen LogP contribution in [-0.2, 0) is 16.1 Å². The first kappa shape index (κ1) is 31.7. The Morgan fingerprint density at radius 2 is 1.79 bits per heavy atom. The molecule has 0 atom stereocenters. The highest BCUT2D eigenvalue weighted by Gasteiger charge is 2.26. The molecular weight excluding hydrogens is 522 g/mol. The fraction of sp³-hybridized carbons (Fsp3) is 0.423. The molecule has 0 radical (unpaired) electrons. The number of halogens is 4. The van der Waals surface area contributed by atoms with Gasteiger partial charge in [-0.3, -0.25) is 25.4 Å². The van der Waals surface area contributed by atoms with E-state index in [2.05, 4.69) is 4.90 Å². The van der Waals surface area contributed by atoms with Crippen molar-refractivity contribution in [1.29, 1.82) is 10.8 Å². The molecule has 2 aromatic carbocycles. The van der Waals surface area contributed by atoms with Crippen molar-refractivity contribution >= 4 is 23.6 Å². The summed E-state index contributed by atoms with van der Waals surface area (Å²) in [4.78, 5) is 14.4. The molecule has 3 rings (SSSR count). The summed E-state index contributed by atoms with van der Waals surface area (Å²) < 4.78 is 53.4. The van der Waals surface area contributed by atoms with E-state index in [-0.39, 0.29) is 29.2 Å². The Hall–Kier alpha value is -3.55. The molecule has 0 bridgehead atoms. The Bertz CT molecular complexity index is 1170. The molecule has 0 amide bonds. The molecule has 39 heavy (non-hydrogen) atoms. The van der Waals surface area contributed by atoms with E-state index in [1.165, 1.54) is 25.2 Å². The number of amidine groups is 2. The van der Waals surface area contributed by atoms with Crippen LogP contribution in [0.15, 0.2) is 30.3 Å². The number of aromatic hydroxyl groups is 2. The number of anilines is 1. The second-order valence-electron chi connectivity index (χ2n) is 9.09. The van der Waals surface area contributed by atoms with E-state index in [0.717, 1.165) is 24.1 Å². The van der Waals surface area contributed by atoms with Crippen LogP contribution in [-0.4, -0.2) is 79.1 Å². The first-order chi connectivity index (χ1) is 18.3. The third kappa shape index (κ3) is 9.01. The van der Waals surface area contributed by atoms with E-state index in [1.54, 1.807) is 6.07 Å². The second-order valence-corrected chi connectivity index (χ2v) is 9.09. The Kier molecular flexibility index (Phi) is 11.4. The quantitative estimate of drug-likeness (QED) is 0.151. The Balaban J connectivity index is 0.000000673. The molecule has 0 spiro atoms. The number of carbonyl (C=O) groups is 1. The Morgan fingerprint density at radius 3 is 2.28 bits per heavy atom. The van der Waals surface area contributed by atoms with Crippen LogP contribution in [0.1, 0.15) is 36.5 Å². The van der Waals surface area contributed by atoms with Gasteiger partial charge in [0.2, 0.25) is 0 Å². The summed E-state index contributed by atoms with van der Waals surface area (Å²) in [5, 5.41) is 38.9. The number of rotatable bonds is 7. The maximum Gasteiger partial charge on any atom is 0.401 e. The molecule has 214 valence electrons. The van der Waals surface area contributed by atoms with Gasteiger partial charge in [0.25, 0.3) is 0 Å². The highest BCUT2D eigenvalue weighted by Crippen LogP contribution is 2.34. The zero-order valence-corrected chi connectivity index (χ0v) is 21.9. The van der Waals surface area contributed by atoms with Gasteiger partial charge in [-0.2, -0.15) is 13.2 Å². The largest absolute Gasteiger partial charge is 0.508 e. The van der Waals surface area contributed by atoms with Crippen LogP contribution in [0.2, 0.25) is 0 Å². The second kappa shape index (κ2) is 14.0. The molecule has 0 aromatic heterocycles. The van der Waals surface area contributed by atoms with Crippen LogP contribution in [0, 0.1) is 16.6 Å². The fourth-order valence-electron chi connectivity index (χ4n) is 3.84. The summed E-state index contributed by atoms with van der Waals surface area (Å²) in [5.74, 6) is -2.48. The highest BCUT2D eigenvalue weighted by atomic mass is 19.4. The molecule has 13 heteroatoms. The highest BCUT2D eigenvalue weighted by molar-refractivity contribution is 6.41. The van der Waals surface area contributed by atoms with Crippen molar-refractivity contribution in [1.82, 2.24) is 10.2 Å². The predicted octanol–water partition coefficient (Wildman–Crippen LogP) is 3.97. The molecule has 1 aliphatic heterocycles. The van der Waals surface area contributed by atoms with Gasteiger partial charge >= 0.3 is 6.18 Å². The average molecular weight is 556 g/mol. The van der Waals surface area contributed by atoms with E-state index < -0.39 is 36.0 Å². The predicted molar refractivity (Wildman–Crippen MR) is 139 cm³/mol. The smallest absolute Gasteiger partial charge is 0.401 e. The summed E-state index contributed by atoms with van der Waals surface area (Å²) in [5.41, 5.74) is 1.000. The molecule has 0 saturated carbocycles. The fourth-order valence-corrected chi connectivity index (χ4v) is 3.84. The Labute approximate surface area is 224 Å².